The van der Waals surface area contributed by atoms with Gasteiger partial charge in [0.05, 0.1) is 0 Å². The maximum atomic E-state index is 12.1. The summed E-state index contributed by atoms with van der Waals surface area (Å²) in [5.41, 5.74) is 1.31. The minimum atomic E-state index is -0.554. The van der Waals surface area contributed by atoms with Gasteiger partial charge < -0.3 is 4.74 Å². The molecule has 0 fully saturated rings. The molecule has 2 nitrogen and oxygen atoms in total. The number of rotatable bonds is 13. The van der Waals surface area contributed by atoms with Crippen LogP contribution in [0.25, 0.3) is 0 Å². The fourth-order valence-corrected chi connectivity index (χ4v) is 3.33. The number of hydrogen-bond donors (Lipinski definition) is 0. The Morgan fingerprint density at radius 3 is 1.85 bits per heavy atom. The number of unbranched alkanes of at least 4 members (excludes halogenated alkanes) is 9. The Hall–Kier alpha value is -1.02. The number of halogens is 1. The van der Waals surface area contributed by atoms with Gasteiger partial charge in [-0.2, -0.15) is 0 Å². The summed E-state index contributed by atoms with van der Waals surface area (Å²) in [5, 5.41) is -0.554. The summed E-state index contributed by atoms with van der Waals surface area (Å²) in [5.74, 6) is 0.234. The van der Waals surface area contributed by atoms with Crippen molar-refractivity contribution in [2.24, 2.45) is 0 Å². The topological polar surface area (TPSA) is 26.3 Å². The molecule has 0 N–H and O–H groups in total. The third-order valence-corrected chi connectivity index (χ3v) is 5.40. The Bertz CT molecular complexity index is 516. The van der Waals surface area contributed by atoms with Crippen LogP contribution in [0.5, 0.6) is 5.75 Å². The standard InChI is InChI=1S/C24H39ClO2/c1-5-6-7-8-9-10-11-12-13-14-15-22(25)23(26)27-21-18-16-20(17-19-21)24(2,3)4/h16-19,22H,5-15H2,1-4H3. The molecule has 0 aliphatic rings. The lowest BCUT2D eigenvalue weighted by atomic mass is 9.87. The van der Waals surface area contributed by atoms with Crippen molar-refractivity contribution in [3.05, 3.63) is 29.8 Å². The Kier molecular flexibility index (Phi) is 11.7. The van der Waals surface area contributed by atoms with Crippen LogP contribution in [0, 0.1) is 0 Å². The van der Waals surface area contributed by atoms with E-state index in [1.807, 2.05) is 24.3 Å². The Labute approximate surface area is 172 Å². The monoisotopic (exact) mass is 394 g/mol. The van der Waals surface area contributed by atoms with E-state index in [9.17, 15) is 4.79 Å². The van der Waals surface area contributed by atoms with Crippen molar-refractivity contribution < 1.29 is 9.53 Å². The lowest BCUT2D eigenvalue weighted by molar-refractivity contribution is -0.134. The van der Waals surface area contributed by atoms with Crippen LogP contribution in [0.1, 0.15) is 104 Å². The number of carbonyl (C=O) groups is 1. The molecule has 0 amide bonds. The van der Waals surface area contributed by atoms with Gasteiger partial charge in [0.15, 0.2) is 0 Å². The van der Waals surface area contributed by atoms with Crippen LogP contribution in [0.3, 0.4) is 0 Å². The lowest BCUT2D eigenvalue weighted by Gasteiger charge is -2.19. The van der Waals surface area contributed by atoms with Crippen molar-refractivity contribution in [3.8, 4) is 5.75 Å². The lowest BCUT2D eigenvalue weighted by Crippen LogP contribution is -2.21. The Morgan fingerprint density at radius 1 is 0.889 bits per heavy atom. The van der Waals surface area contributed by atoms with Crippen molar-refractivity contribution in [3.63, 3.8) is 0 Å². The molecule has 0 spiro atoms. The first-order chi connectivity index (χ1) is 12.8. The summed E-state index contributed by atoms with van der Waals surface area (Å²) < 4.78 is 5.42. The molecule has 0 aromatic heterocycles. The highest BCUT2D eigenvalue weighted by molar-refractivity contribution is 6.30. The average molecular weight is 395 g/mol. The summed E-state index contributed by atoms with van der Waals surface area (Å²) in [6.07, 6.45) is 13.5. The van der Waals surface area contributed by atoms with Gasteiger partial charge in [-0.05, 0) is 29.5 Å². The zero-order valence-corrected chi connectivity index (χ0v) is 18.6. The number of benzene rings is 1. The van der Waals surface area contributed by atoms with Crippen LogP contribution in [0.15, 0.2) is 24.3 Å². The molecule has 27 heavy (non-hydrogen) atoms. The molecule has 3 heteroatoms. The van der Waals surface area contributed by atoms with E-state index in [1.54, 1.807) is 0 Å². The van der Waals surface area contributed by atoms with Gasteiger partial charge in [0.2, 0.25) is 0 Å². The molecule has 0 bridgehead atoms. The molecule has 1 atom stereocenters. The predicted octanol–water partition coefficient (Wildman–Crippen LogP) is 7.81. The van der Waals surface area contributed by atoms with Crippen molar-refractivity contribution in [2.45, 2.75) is 109 Å². The number of carbonyl (C=O) groups excluding carboxylic acids is 1. The van der Waals surface area contributed by atoms with Crippen molar-refractivity contribution >= 4 is 17.6 Å². The summed E-state index contributed by atoms with van der Waals surface area (Å²) in [6, 6.07) is 7.72. The number of ether oxygens (including phenoxy) is 1. The molecule has 1 aromatic carbocycles. The molecule has 154 valence electrons. The van der Waals surface area contributed by atoms with Gasteiger partial charge in [-0.25, -0.2) is 0 Å². The SMILES string of the molecule is CCCCCCCCCCCCC(Cl)C(=O)Oc1ccc(C(C)(C)C)cc1. The molecular formula is C24H39ClO2. The number of alkyl halides is 1. The van der Waals surface area contributed by atoms with E-state index in [1.165, 1.54) is 56.9 Å². The Balaban J connectivity index is 2.14. The first-order valence-corrected chi connectivity index (χ1v) is 11.2. The summed E-state index contributed by atoms with van der Waals surface area (Å²) in [6.45, 7) is 8.74. The van der Waals surface area contributed by atoms with E-state index in [0.29, 0.717) is 12.2 Å². The van der Waals surface area contributed by atoms with Gasteiger partial charge in [-0.15, -0.1) is 11.6 Å². The first kappa shape index (κ1) is 24.0. The smallest absolute Gasteiger partial charge is 0.329 e. The van der Waals surface area contributed by atoms with Gasteiger partial charge in [-0.1, -0.05) is 104 Å². The van der Waals surface area contributed by atoms with Crippen LogP contribution < -0.4 is 4.74 Å². The van der Waals surface area contributed by atoms with Crippen molar-refractivity contribution in [1.29, 1.82) is 0 Å². The molecule has 1 rings (SSSR count). The second-order valence-electron chi connectivity index (χ2n) is 8.63. The minimum Gasteiger partial charge on any atom is -0.425 e. The van der Waals surface area contributed by atoms with Gasteiger partial charge in [0.1, 0.15) is 11.1 Å². The molecule has 0 saturated heterocycles. The molecule has 0 aliphatic heterocycles. The first-order valence-electron chi connectivity index (χ1n) is 10.8. The number of hydrogen-bond acceptors (Lipinski definition) is 2. The summed E-state index contributed by atoms with van der Waals surface area (Å²) in [4.78, 5) is 12.1. The minimum absolute atomic E-state index is 0.0903. The zero-order chi connectivity index (χ0) is 20.1. The molecule has 1 aromatic rings. The third-order valence-electron chi connectivity index (χ3n) is 5.01. The van der Waals surface area contributed by atoms with E-state index in [0.717, 1.165) is 12.8 Å². The second-order valence-corrected chi connectivity index (χ2v) is 9.16. The number of esters is 1. The highest BCUT2D eigenvalue weighted by Gasteiger charge is 2.18. The van der Waals surface area contributed by atoms with Crippen molar-refractivity contribution in [1.82, 2.24) is 0 Å². The van der Waals surface area contributed by atoms with E-state index in [4.69, 9.17) is 16.3 Å². The fourth-order valence-electron chi connectivity index (χ4n) is 3.13. The van der Waals surface area contributed by atoms with Gasteiger partial charge in [0, 0.05) is 0 Å². The van der Waals surface area contributed by atoms with Crippen LogP contribution >= 0.6 is 11.6 Å². The largest absolute Gasteiger partial charge is 0.425 e. The van der Waals surface area contributed by atoms with E-state index in [-0.39, 0.29) is 11.4 Å². The van der Waals surface area contributed by atoms with Gasteiger partial charge >= 0.3 is 5.97 Å². The maximum Gasteiger partial charge on any atom is 0.329 e. The van der Waals surface area contributed by atoms with E-state index in [2.05, 4.69) is 27.7 Å². The van der Waals surface area contributed by atoms with E-state index >= 15 is 0 Å². The van der Waals surface area contributed by atoms with Crippen LogP contribution in [-0.4, -0.2) is 11.3 Å². The van der Waals surface area contributed by atoms with Crippen LogP contribution in [0.4, 0.5) is 0 Å². The van der Waals surface area contributed by atoms with E-state index < -0.39 is 5.38 Å². The molecular weight excluding hydrogens is 356 g/mol. The highest BCUT2D eigenvalue weighted by atomic mass is 35.5. The predicted molar refractivity (Wildman–Crippen MR) is 117 cm³/mol. The average Bonchev–Trinajstić information content (AvgIpc) is 2.62. The highest BCUT2D eigenvalue weighted by Crippen LogP contribution is 2.25. The third kappa shape index (κ3) is 10.8. The summed E-state index contributed by atoms with van der Waals surface area (Å²) >= 11 is 6.22. The van der Waals surface area contributed by atoms with Gasteiger partial charge in [-0.3, -0.25) is 4.79 Å². The fraction of sp³-hybridized carbons (Fsp3) is 0.708. The molecule has 0 radical (unpaired) electrons. The van der Waals surface area contributed by atoms with Gasteiger partial charge in [0.25, 0.3) is 0 Å². The Morgan fingerprint density at radius 2 is 1.37 bits per heavy atom. The van der Waals surface area contributed by atoms with Crippen LogP contribution in [-0.2, 0) is 10.2 Å². The maximum absolute atomic E-state index is 12.1. The molecule has 0 saturated carbocycles. The van der Waals surface area contributed by atoms with Crippen LogP contribution in [0.2, 0.25) is 0 Å². The summed E-state index contributed by atoms with van der Waals surface area (Å²) in [7, 11) is 0. The normalized spacial score (nSPS) is 12.8. The molecule has 1 unspecified atom stereocenters. The zero-order valence-electron chi connectivity index (χ0n) is 17.9. The quantitative estimate of drug-likeness (QED) is 0.147. The molecule has 0 aliphatic carbocycles. The second kappa shape index (κ2) is 13.2. The van der Waals surface area contributed by atoms with Crippen molar-refractivity contribution in [2.75, 3.05) is 0 Å². The molecule has 0 heterocycles.